The van der Waals surface area contributed by atoms with Crippen molar-refractivity contribution < 1.29 is 9.18 Å². The first kappa shape index (κ1) is 12.4. The van der Waals surface area contributed by atoms with E-state index in [-0.39, 0.29) is 17.9 Å². The van der Waals surface area contributed by atoms with Crippen LogP contribution in [0.3, 0.4) is 0 Å². The highest BCUT2D eigenvalue weighted by Crippen LogP contribution is 2.24. The smallest absolute Gasteiger partial charge is 0.318 e. The lowest BCUT2D eigenvalue weighted by atomic mass is 10.0. The van der Waals surface area contributed by atoms with E-state index in [1.807, 2.05) is 4.90 Å². The molecule has 2 saturated heterocycles. The number of benzene rings is 1. The Morgan fingerprint density at radius 3 is 2.53 bits per heavy atom. The highest BCUT2D eigenvalue weighted by atomic mass is 19.1. The SMILES string of the molecule is O=C1NC(c2ccc(F)cc2)CN1C1CCNCC1. The Morgan fingerprint density at radius 2 is 1.84 bits per heavy atom. The first-order chi connectivity index (χ1) is 9.24. The van der Waals surface area contributed by atoms with Crippen molar-refractivity contribution in [3.63, 3.8) is 0 Å². The van der Waals surface area contributed by atoms with E-state index in [4.69, 9.17) is 0 Å². The van der Waals surface area contributed by atoms with Gasteiger partial charge in [0.1, 0.15) is 5.82 Å². The summed E-state index contributed by atoms with van der Waals surface area (Å²) in [6.07, 6.45) is 2.01. The molecule has 3 rings (SSSR count). The second-order valence-corrected chi connectivity index (χ2v) is 5.19. The molecule has 2 N–H and O–H groups in total. The Kier molecular flexibility index (Phi) is 3.38. The largest absolute Gasteiger partial charge is 0.329 e. The van der Waals surface area contributed by atoms with Gasteiger partial charge in [-0.1, -0.05) is 12.1 Å². The van der Waals surface area contributed by atoms with Gasteiger partial charge >= 0.3 is 6.03 Å². The summed E-state index contributed by atoms with van der Waals surface area (Å²) in [5, 5.41) is 6.28. The van der Waals surface area contributed by atoms with Crippen LogP contribution in [-0.4, -0.2) is 36.6 Å². The Balaban J connectivity index is 1.70. The molecule has 0 aliphatic carbocycles. The molecule has 2 aliphatic heterocycles. The number of carbonyl (C=O) groups is 1. The molecular formula is C14H18FN3O. The predicted octanol–water partition coefficient (Wildman–Crippen LogP) is 1.64. The summed E-state index contributed by atoms with van der Waals surface area (Å²) in [7, 11) is 0. The summed E-state index contributed by atoms with van der Waals surface area (Å²) in [6, 6.07) is 6.66. The zero-order valence-corrected chi connectivity index (χ0v) is 10.7. The fourth-order valence-electron chi connectivity index (χ4n) is 2.87. The quantitative estimate of drug-likeness (QED) is 0.852. The number of nitrogens with one attached hydrogen (secondary N) is 2. The maximum Gasteiger partial charge on any atom is 0.318 e. The number of hydrogen-bond donors (Lipinski definition) is 2. The number of urea groups is 1. The third-order valence-electron chi connectivity index (χ3n) is 3.96. The van der Waals surface area contributed by atoms with E-state index in [1.54, 1.807) is 12.1 Å². The van der Waals surface area contributed by atoms with E-state index in [0.717, 1.165) is 31.5 Å². The molecule has 2 heterocycles. The normalized spacial score (nSPS) is 24.6. The molecule has 2 aliphatic rings. The van der Waals surface area contributed by atoms with Gasteiger partial charge in [-0.05, 0) is 43.6 Å². The maximum absolute atomic E-state index is 12.9. The van der Waals surface area contributed by atoms with E-state index >= 15 is 0 Å². The Morgan fingerprint density at radius 1 is 1.16 bits per heavy atom. The van der Waals surface area contributed by atoms with Crippen molar-refractivity contribution in [3.8, 4) is 0 Å². The summed E-state index contributed by atoms with van der Waals surface area (Å²) in [4.78, 5) is 14.0. The average Bonchev–Trinajstić information content (AvgIpc) is 2.83. The van der Waals surface area contributed by atoms with E-state index in [2.05, 4.69) is 10.6 Å². The number of piperidine rings is 1. The van der Waals surface area contributed by atoms with Crippen LogP contribution in [-0.2, 0) is 0 Å². The molecule has 1 atom stereocenters. The molecule has 5 heteroatoms. The number of hydrogen-bond acceptors (Lipinski definition) is 2. The Labute approximate surface area is 112 Å². The summed E-state index contributed by atoms with van der Waals surface area (Å²) in [5.74, 6) is -0.247. The average molecular weight is 263 g/mol. The predicted molar refractivity (Wildman–Crippen MR) is 70.3 cm³/mol. The van der Waals surface area contributed by atoms with Crippen LogP contribution in [0.2, 0.25) is 0 Å². The van der Waals surface area contributed by atoms with Crippen LogP contribution in [0.5, 0.6) is 0 Å². The van der Waals surface area contributed by atoms with Crippen molar-refractivity contribution >= 4 is 6.03 Å². The van der Waals surface area contributed by atoms with Gasteiger partial charge in [0, 0.05) is 12.6 Å². The minimum Gasteiger partial charge on any atom is -0.329 e. The van der Waals surface area contributed by atoms with Crippen molar-refractivity contribution in [3.05, 3.63) is 35.6 Å². The molecule has 0 saturated carbocycles. The minimum atomic E-state index is -0.247. The molecule has 1 aromatic rings. The molecule has 102 valence electrons. The van der Waals surface area contributed by atoms with E-state index in [0.29, 0.717) is 12.6 Å². The van der Waals surface area contributed by atoms with Crippen LogP contribution in [0.4, 0.5) is 9.18 Å². The zero-order chi connectivity index (χ0) is 13.2. The first-order valence-electron chi connectivity index (χ1n) is 6.77. The van der Waals surface area contributed by atoms with Crippen molar-refractivity contribution in [2.24, 2.45) is 0 Å². The Hall–Kier alpha value is -1.62. The molecular weight excluding hydrogens is 245 g/mol. The summed E-state index contributed by atoms with van der Waals surface area (Å²) in [5.41, 5.74) is 0.964. The second-order valence-electron chi connectivity index (χ2n) is 5.19. The van der Waals surface area contributed by atoms with E-state index in [9.17, 15) is 9.18 Å². The van der Waals surface area contributed by atoms with Crippen LogP contribution >= 0.6 is 0 Å². The van der Waals surface area contributed by atoms with E-state index in [1.165, 1.54) is 12.1 Å². The molecule has 0 radical (unpaired) electrons. The monoisotopic (exact) mass is 263 g/mol. The lowest BCUT2D eigenvalue weighted by Gasteiger charge is -2.30. The molecule has 1 unspecified atom stereocenters. The molecule has 2 fully saturated rings. The topological polar surface area (TPSA) is 44.4 Å². The van der Waals surface area contributed by atoms with Crippen LogP contribution in [0, 0.1) is 5.82 Å². The molecule has 19 heavy (non-hydrogen) atoms. The van der Waals surface area contributed by atoms with Crippen molar-refractivity contribution in [2.75, 3.05) is 19.6 Å². The third kappa shape index (κ3) is 2.56. The van der Waals surface area contributed by atoms with Gasteiger partial charge in [-0.25, -0.2) is 9.18 Å². The van der Waals surface area contributed by atoms with Crippen molar-refractivity contribution in [1.29, 1.82) is 0 Å². The third-order valence-corrected chi connectivity index (χ3v) is 3.96. The van der Waals surface area contributed by atoms with Gasteiger partial charge in [-0.15, -0.1) is 0 Å². The molecule has 1 aromatic carbocycles. The van der Waals surface area contributed by atoms with Gasteiger partial charge < -0.3 is 15.5 Å². The Bertz CT molecular complexity index is 456. The fraction of sp³-hybridized carbons (Fsp3) is 0.500. The highest BCUT2D eigenvalue weighted by molar-refractivity contribution is 5.77. The first-order valence-corrected chi connectivity index (χ1v) is 6.77. The van der Waals surface area contributed by atoms with Crippen molar-refractivity contribution in [2.45, 2.75) is 24.9 Å². The molecule has 0 bridgehead atoms. The highest BCUT2D eigenvalue weighted by Gasteiger charge is 2.34. The minimum absolute atomic E-state index is 0.00113. The lowest BCUT2D eigenvalue weighted by molar-refractivity contribution is 0.182. The standard InChI is InChI=1S/C14H18FN3O/c15-11-3-1-10(2-4-11)13-9-18(14(19)17-13)12-5-7-16-8-6-12/h1-4,12-13,16H,5-9H2,(H,17,19). The van der Waals surface area contributed by atoms with E-state index < -0.39 is 0 Å². The van der Waals surface area contributed by atoms with Crippen molar-refractivity contribution in [1.82, 2.24) is 15.5 Å². The van der Waals surface area contributed by atoms with Gasteiger partial charge in [0.15, 0.2) is 0 Å². The van der Waals surface area contributed by atoms with Crippen LogP contribution in [0.15, 0.2) is 24.3 Å². The number of nitrogens with zero attached hydrogens (tertiary/aromatic N) is 1. The summed E-state index contributed by atoms with van der Waals surface area (Å²) >= 11 is 0. The van der Waals surface area contributed by atoms with Gasteiger partial charge in [0.25, 0.3) is 0 Å². The molecule has 4 nitrogen and oxygen atoms in total. The number of rotatable bonds is 2. The number of amides is 2. The lowest BCUT2D eigenvalue weighted by Crippen LogP contribution is -2.44. The van der Waals surface area contributed by atoms with Gasteiger partial charge in [-0.3, -0.25) is 0 Å². The van der Waals surface area contributed by atoms with Gasteiger partial charge in [0.2, 0.25) is 0 Å². The summed E-state index contributed by atoms with van der Waals surface area (Å²) in [6.45, 7) is 2.61. The molecule has 0 aromatic heterocycles. The van der Waals surface area contributed by atoms with Gasteiger partial charge in [-0.2, -0.15) is 0 Å². The second kappa shape index (κ2) is 5.17. The van der Waals surface area contributed by atoms with Gasteiger partial charge in [0.05, 0.1) is 6.04 Å². The maximum atomic E-state index is 12.9. The number of carbonyl (C=O) groups excluding carboxylic acids is 1. The van der Waals surface area contributed by atoms with Crippen LogP contribution in [0.1, 0.15) is 24.4 Å². The van der Waals surface area contributed by atoms with Crippen LogP contribution in [0.25, 0.3) is 0 Å². The molecule has 2 amide bonds. The molecule has 0 spiro atoms. The zero-order valence-electron chi connectivity index (χ0n) is 10.7. The summed E-state index contributed by atoms with van der Waals surface area (Å²) < 4.78 is 12.9. The number of halogens is 1. The fourth-order valence-corrected chi connectivity index (χ4v) is 2.87. The van der Waals surface area contributed by atoms with Crippen LogP contribution < -0.4 is 10.6 Å².